The molecule has 1 N–H and O–H groups in total. The first kappa shape index (κ1) is 12.9. The maximum atomic E-state index is 11.3. The topological polar surface area (TPSA) is 56.1 Å². The van der Waals surface area contributed by atoms with Crippen LogP contribution in [0.3, 0.4) is 0 Å². The summed E-state index contributed by atoms with van der Waals surface area (Å²) in [6.45, 7) is 1.05. The Bertz CT molecular complexity index is 334. The number of hydrogen-bond acceptors (Lipinski definition) is 4. The summed E-state index contributed by atoms with van der Waals surface area (Å²) in [6, 6.07) is 0. The van der Waals surface area contributed by atoms with E-state index in [1.807, 2.05) is 38.0 Å². The first-order valence-corrected chi connectivity index (χ1v) is 5.16. The van der Waals surface area contributed by atoms with Crippen LogP contribution in [-0.4, -0.2) is 73.4 Å². The summed E-state index contributed by atoms with van der Waals surface area (Å²) in [6.07, 6.45) is 3.48. The van der Waals surface area contributed by atoms with E-state index in [2.05, 4.69) is 4.99 Å². The van der Waals surface area contributed by atoms with Gasteiger partial charge in [0.2, 0.25) is 0 Å². The molecule has 5 heteroatoms. The van der Waals surface area contributed by atoms with Gasteiger partial charge in [-0.15, -0.1) is 0 Å². The number of likely N-dealkylation sites (N-methyl/N-ethyl adjacent to an activating group) is 1. The van der Waals surface area contributed by atoms with Gasteiger partial charge in [-0.05, 0) is 40.3 Å². The Balaban J connectivity index is 2.87. The average molecular weight is 225 g/mol. The van der Waals surface area contributed by atoms with Crippen LogP contribution in [0.25, 0.3) is 0 Å². The minimum absolute atomic E-state index is 0.385. The number of carboxylic acid groups (broad SMARTS) is 1. The lowest BCUT2D eigenvalue weighted by atomic mass is 10.0. The molecular formula is C11H19N3O2. The molecule has 0 fully saturated rings. The average Bonchev–Trinajstić information content (AvgIpc) is 2.47. The summed E-state index contributed by atoms with van der Waals surface area (Å²) in [5.74, 6) is -0.897. The van der Waals surface area contributed by atoms with E-state index in [1.165, 1.54) is 0 Å². The maximum Gasteiger partial charge on any atom is 0.336 e. The van der Waals surface area contributed by atoms with Gasteiger partial charge >= 0.3 is 5.97 Å². The van der Waals surface area contributed by atoms with Gasteiger partial charge in [0, 0.05) is 13.1 Å². The van der Waals surface area contributed by atoms with E-state index in [-0.39, 0.29) is 0 Å². The van der Waals surface area contributed by atoms with Crippen LogP contribution in [0.1, 0.15) is 0 Å². The van der Waals surface area contributed by atoms with Crippen LogP contribution in [0, 0.1) is 0 Å². The first-order valence-electron chi connectivity index (χ1n) is 5.16. The predicted molar refractivity (Wildman–Crippen MR) is 64.0 cm³/mol. The number of aliphatic carboxylic acids is 1. The Labute approximate surface area is 96.1 Å². The molecule has 0 saturated carbocycles. The predicted octanol–water partition coefficient (Wildman–Crippen LogP) is -0.0562. The molecule has 0 saturated heterocycles. The molecule has 0 radical (unpaired) electrons. The standard InChI is InChI=1S/C11H19N3O2/c1-13(2)7-9-5-6-11(12-9,10(15)16)8-14(3)4/h5-6H,7-8H2,1-4H3,(H,15,16). The van der Waals surface area contributed by atoms with E-state index >= 15 is 0 Å². The van der Waals surface area contributed by atoms with E-state index in [9.17, 15) is 9.90 Å². The smallest absolute Gasteiger partial charge is 0.336 e. The van der Waals surface area contributed by atoms with Crippen LogP contribution in [0.5, 0.6) is 0 Å². The van der Waals surface area contributed by atoms with Crippen molar-refractivity contribution in [3.05, 3.63) is 12.2 Å². The summed E-state index contributed by atoms with van der Waals surface area (Å²) < 4.78 is 0. The molecule has 0 aromatic carbocycles. The van der Waals surface area contributed by atoms with E-state index in [0.29, 0.717) is 13.1 Å². The van der Waals surface area contributed by atoms with Gasteiger partial charge in [0.25, 0.3) is 0 Å². The third kappa shape index (κ3) is 2.90. The van der Waals surface area contributed by atoms with Crippen LogP contribution in [-0.2, 0) is 4.79 Å². The molecule has 0 aromatic heterocycles. The summed E-state index contributed by atoms with van der Waals surface area (Å²) in [5, 5.41) is 9.27. The van der Waals surface area contributed by atoms with Crippen LogP contribution in [0.15, 0.2) is 17.1 Å². The SMILES string of the molecule is CN(C)CC1=NC(CN(C)C)(C(=O)O)C=C1. The van der Waals surface area contributed by atoms with Crippen molar-refractivity contribution in [2.75, 3.05) is 41.3 Å². The second kappa shape index (κ2) is 4.76. The van der Waals surface area contributed by atoms with E-state index in [4.69, 9.17) is 0 Å². The molecule has 0 spiro atoms. The highest BCUT2D eigenvalue weighted by atomic mass is 16.4. The zero-order valence-electron chi connectivity index (χ0n) is 10.3. The van der Waals surface area contributed by atoms with E-state index in [1.54, 1.807) is 12.2 Å². The van der Waals surface area contributed by atoms with E-state index in [0.717, 1.165) is 5.71 Å². The van der Waals surface area contributed by atoms with Crippen molar-refractivity contribution >= 4 is 11.7 Å². The van der Waals surface area contributed by atoms with Crippen molar-refractivity contribution in [3.8, 4) is 0 Å². The zero-order valence-corrected chi connectivity index (χ0v) is 10.3. The minimum atomic E-state index is -1.10. The number of carbonyl (C=O) groups is 1. The quantitative estimate of drug-likeness (QED) is 0.712. The van der Waals surface area contributed by atoms with Gasteiger partial charge in [0.05, 0.1) is 5.71 Å². The lowest BCUT2D eigenvalue weighted by Crippen LogP contribution is -2.43. The van der Waals surface area contributed by atoms with Crippen LogP contribution in [0.2, 0.25) is 0 Å². The van der Waals surface area contributed by atoms with Crippen molar-refractivity contribution in [2.45, 2.75) is 5.54 Å². The Kier molecular flexibility index (Phi) is 3.83. The Morgan fingerprint density at radius 2 is 2.00 bits per heavy atom. The lowest BCUT2D eigenvalue weighted by Gasteiger charge is -2.23. The first-order chi connectivity index (χ1) is 7.35. The third-order valence-corrected chi connectivity index (χ3v) is 2.30. The highest BCUT2D eigenvalue weighted by Gasteiger charge is 2.39. The normalized spacial score (nSPS) is 24.2. The lowest BCUT2D eigenvalue weighted by molar-refractivity contribution is -0.141. The second-order valence-electron chi connectivity index (χ2n) is 4.64. The van der Waals surface area contributed by atoms with Gasteiger partial charge < -0.3 is 14.9 Å². The van der Waals surface area contributed by atoms with Crippen molar-refractivity contribution in [1.29, 1.82) is 0 Å². The monoisotopic (exact) mass is 225 g/mol. The maximum absolute atomic E-state index is 11.3. The summed E-state index contributed by atoms with van der Waals surface area (Å²) in [7, 11) is 7.56. The molecule has 1 aliphatic heterocycles. The molecule has 1 atom stereocenters. The molecule has 1 rings (SSSR count). The Morgan fingerprint density at radius 3 is 2.44 bits per heavy atom. The highest BCUT2D eigenvalue weighted by molar-refractivity contribution is 6.03. The fourth-order valence-corrected chi connectivity index (χ4v) is 1.73. The van der Waals surface area contributed by atoms with Gasteiger partial charge in [0.15, 0.2) is 5.54 Å². The number of aliphatic imine (C=N–C) groups is 1. The molecule has 0 aliphatic carbocycles. The fourth-order valence-electron chi connectivity index (χ4n) is 1.73. The summed E-state index contributed by atoms with van der Waals surface area (Å²) in [4.78, 5) is 19.4. The van der Waals surface area contributed by atoms with Gasteiger partial charge in [-0.25, -0.2) is 4.79 Å². The largest absolute Gasteiger partial charge is 0.479 e. The van der Waals surface area contributed by atoms with Crippen molar-refractivity contribution in [2.24, 2.45) is 4.99 Å². The Hall–Kier alpha value is -1.20. The van der Waals surface area contributed by atoms with Crippen LogP contribution in [0.4, 0.5) is 0 Å². The van der Waals surface area contributed by atoms with E-state index < -0.39 is 11.5 Å². The minimum Gasteiger partial charge on any atom is -0.479 e. The summed E-state index contributed by atoms with van der Waals surface area (Å²) in [5.41, 5.74) is -0.288. The second-order valence-corrected chi connectivity index (χ2v) is 4.64. The molecule has 16 heavy (non-hydrogen) atoms. The van der Waals surface area contributed by atoms with Crippen LogP contribution >= 0.6 is 0 Å². The third-order valence-electron chi connectivity index (χ3n) is 2.30. The molecule has 5 nitrogen and oxygen atoms in total. The van der Waals surface area contributed by atoms with Gasteiger partial charge in [-0.3, -0.25) is 4.99 Å². The highest BCUT2D eigenvalue weighted by Crippen LogP contribution is 2.21. The molecule has 1 unspecified atom stereocenters. The van der Waals surface area contributed by atoms with Gasteiger partial charge in [-0.2, -0.15) is 0 Å². The van der Waals surface area contributed by atoms with Gasteiger partial charge in [0.1, 0.15) is 0 Å². The molecule has 1 aliphatic rings. The van der Waals surface area contributed by atoms with Crippen molar-refractivity contribution in [3.63, 3.8) is 0 Å². The molecule has 0 amide bonds. The van der Waals surface area contributed by atoms with Crippen molar-refractivity contribution < 1.29 is 9.90 Å². The number of nitrogens with zero attached hydrogens (tertiary/aromatic N) is 3. The molecular weight excluding hydrogens is 206 g/mol. The Morgan fingerprint density at radius 1 is 1.38 bits per heavy atom. The number of hydrogen-bond donors (Lipinski definition) is 1. The molecule has 1 heterocycles. The fraction of sp³-hybridized carbons (Fsp3) is 0.636. The van der Waals surface area contributed by atoms with Gasteiger partial charge in [-0.1, -0.05) is 0 Å². The molecule has 90 valence electrons. The zero-order chi connectivity index (χ0) is 12.3. The summed E-state index contributed by atoms with van der Waals surface area (Å²) >= 11 is 0. The van der Waals surface area contributed by atoms with Crippen LogP contribution < -0.4 is 0 Å². The number of rotatable bonds is 5. The molecule has 0 bridgehead atoms. The number of carboxylic acids is 1. The molecule has 0 aromatic rings. The van der Waals surface area contributed by atoms with Crippen molar-refractivity contribution in [1.82, 2.24) is 9.80 Å².